The summed E-state index contributed by atoms with van der Waals surface area (Å²) >= 11 is 6.20. The van der Waals surface area contributed by atoms with E-state index in [0.29, 0.717) is 41.2 Å². The number of nitrogens with zero attached hydrogens (tertiary/aromatic N) is 1. The molecule has 2 aliphatic rings. The fourth-order valence-electron chi connectivity index (χ4n) is 6.02. The number of amides is 2. The molecule has 3 N–H and O–H groups in total. The molecule has 1 fully saturated rings. The van der Waals surface area contributed by atoms with Crippen LogP contribution in [0.2, 0.25) is 5.02 Å². The second-order valence-corrected chi connectivity index (χ2v) is 11.4. The van der Waals surface area contributed by atoms with Gasteiger partial charge < -0.3 is 19.8 Å². The zero-order chi connectivity index (χ0) is 30.3. The van der Waals surface area contributed by atoms with E-state index in [9.17, 15) is 19.5 Å². The third kappa shape index (κ3) is 7.18. The third-order valence-electron chi connectivity index (χ3n) is 8.04. The molecule has 0 unspecified atom stereocenters. The highest BCUT2D eigenvalue weighted by Crippen LogP contribution is 2.46. The Bertz CT molecular complexity index is 1450. The van der Waals surface area contributed by atoms with Gasteiger partial charge in [-0.2, -0.15) is 0 Å². The lowest BCUT2D eigenvalue weighted by Crippen LogP contribution is -2.55. The number of hydrogen-bond acceptors (Lipinski definition) is 6. The lowest BCUT2D eigenvalue weighted by atomic mass is 9.77. The van der Waals surface area contributed by atoms with Gasteiger partial charge in [0.1, 0.15) is 5.75 Å². The molecule has 2 amide bonds. The molecule has 9 nitrogen and oxygen atoms in total. The molecule has 226 valence electrons. The molecule has 0 saturated heterocycles. The van der Waals surface area contributed by atoms with E-state index in [1.807, 2.05) is 18.2 Å². The Labute approximate surface area is 255 Å². The van der Waals surface area contributed by atoms with Crippen molar-refractivity contribution in [2.24, 2.45) is 0 Å². The van der Waals surface area contributed by atoms with E-state index < -0.39 is 36.0 Å². The summed E-state index contributed by atoms with van der Waals surface area (Å²) in [6.45, 7) is 0.327. The fraction of sp³-hybridized carbons (Fsp3) is 0.364. The van der Waals surface area contributed by atoms with Gasteiger partial charge in [0.2, 0.25) is 0 Å². The summed E-state index contributed by atoms with van der Waals surface area (Å²) in [7, 11) is 0. The van der Waals surface area contributed by atoms with Crippen molar-refractivity contribution < 1.29 is 34.2 Å². The number of fused-ring (bicyclic) bond motifs is 1. The average Bonchev–Trinajstić information content (AvgIpc) is 3.00. The number of aliphatic hydroxyl groups is 1. The summed E-state index contributed by atoms with van der Waals surface area (Å²) in [6, 6.07) is 20.2. The number of aliphatic carboxylic acids is 1. The van der Waals surface area contributed by atoms with E-state index in [4.69, 9.17) is 26.3 Å². The predicted molar refractivity (Wildman–Crippen MR) is 160 cm³/mol. The first-order valence-corrected chi connectivity index (χ1v) is 14.9. The summed E-state index contributed by atoms with van der Waals surface area (Å²) in [5.41, 5.74) is 5.11. The molecule has 43 heavy (non-hydrogen) atoms. The van der Waals surface area contributed by atoms with Gasteiger partial charge in [-0.15, -0.1) is 0 Å². The first kappa shape index (κ1) is 30.5. The molecule has 0 spiro atoms. The summed E-state index contributed by atoms with van der Waals surface area (Å²) in [6.07, 6.45) is 2.71. The van der Waals surface area contributed by atoms with E-state index in [2.05, 4.69) is 5.48 Å². The van der Waals surface area contributed by atoms with E-state index in [0.717, 1.165) is 24.0 Å². The van der Waals surface area contributed by atoms with E-state index in [-0.39, 0.29) is 25.5 Å². The van der Waals surface area contributed by atoms with Gasteiger partial charge in [-0.3, -0.25) is 19.2 Å². The van der Waals surface area contributed by atoms with Gasteiger partial charge in [-0.05, 0) is 66.3 Å². The van der Waals surface area contributed by atoms with Gasteiger partial charge >= 0.3 is 5.97 Å². The SMILES string of the molecule is O=C(O)CCCOc1cccc(CONC(=O)[C@@H]2c3ccccc3C(=O)N([C@H]3CCCC[C@@H]3O)[C@H]2c2ccc(Cl)cc2)c1. The van der Waals surface area contributed by atoms with Crippen molar-refractivity contribution in [2.45, 2.75) is 69.2 Å². The smallest absolute Gasteiger partial charge is 0.303 e. The zero-order valence-corrected chi connectivity index (χ0v) is 24.4. The highest BCUT2D eigenvalue weighted by atomic mass is 35.5. The van der Waals surface area contributed by atoms with E-state index in [1.165, 1.54) is 0 Å². The zero-order valence-electron chi connectivity index (χ0n) is 23.7. The average molecular weight is 607 g/mol. The van der Waals surface area contributed by atoms with Crippen LogP contribution >= 0.6 is 11.6 Å². The highest BCUT2D eigenvalue weighted by Gasteiger charge is 2.48. The number of carboxylic acid groups (broad SMARTS) is 1. The normalized spacial score (nSPS) is 21.6. The quantitative estimate of drug-likeness (QED) is 0.197. The van der Waals surface area contributed by atoms with Crippen molar-refractivity contribution in [3.8, 4) is 5.75 Å². The predicted octanol–water partition coefficient (Wildman–Crippen LogP) is 5.42. The fourth-order valence-corrected chi connectivity index (χ4v) is 6.15. The van der Waals surface area contributed by atoms with Crippen LogP contribution in [0.4, 0.5) is 0 Å². The van der Waals surface area contributed by atoms with Crippen LogP contribution in [0.15, 0.2) is 72.8 Å². The van der Waals surface area contributed by atoms with Crippen LogP contribution in [-0.4, -0.2) is 51.6 Å². The Morgan fingerprint density at radius 3 is 2.53 bits per heavy atom. The lowest BCUT2D eigenvalue weighted by Gasteiger charge is -2.48. The van der Waals surface area contributed by atoms with Crippen molar-refractivity contribution in [3.63, 3.8) is 0 Å². The maximum Gasteiger partial charge on any atom is 0.303 e. The molecule has 3 aromatic carbocycles. The van der Waals surface area contributed by atoms with Crippen LogP contribution in [0.25, 0.3) is 0 Å². The molecule has 0 bridgehead atoms. The largest absolute Gasteiger partial charge is 0.494 e. The molecule has 1 aliphatic heterocycles. The van der Waals surface area contributed by atoms with E-state index in [1.54, 1.807) is 59.5 Å². The van der Waals surface area contributed by atoms with Gasteiger partial charge in [-0.1, -0.05) is 66.9 Å². The number of carbonyl (C=O) groups is 3. The lowest BCUT2D eigenvalue weighted by molar-refractivity contribution is -0.139. The Balaban J connectivity index is 1.38. The topological polar surface area (TPSA) is 125 Å². The van der Waals surface area contributed by atoms with Crippen LogP contribution in [0.5, 0.6) is 5.75 Å². The molecule has 3 aromatic rings. The standard InChI is InChI=1S/C33H35ClN2O7/c34-23-16-14-22(15-17-23)31-30(25-9-1-2-10-26(25)33(41)36(31)27-11-3-4-12-28(27)37)32(40)35-43-20-21-7-5-8-24(19-21)42-18-6-13-29(38)39/h1-2,5,7-10,14-17,19,27-28,30-31,37H,3-4,6,11-13,18,20H2,(H,35,40)(H,38,39)/t27-,28-,30+,31-/m0/s1. The monoisotopic (exact) mass is 606 g/mol. The molecule has 1 saturated carbocycles. The van der Waals surface area contributed by atoms with Gasteiger partial charge in [0.25, 0.3) is 11.8 Å². The van der Waals surface area contributed by atoms with Gasteiger partial charge in [0.15, 0.2) is 0 Å². The number of carboxylic acids is 1. The Kier molecular flexibility index (Phi) is 9.97. The first-order chi connectivity index (χ1) is 20.8. The Morgan fingerprint density at radius 2 is 1.77 bits per heavy atom. The Morgan fingerprint density at radius 1 is 1.00 bits per heavy atom. The van der Waals surface area contributed by atoms with Gasteiger partial charge in [0, 0.05) is 17.0 Å². The second-order valence-electron chi connectivity index (χ2n) is 10.9. The molecule has 0 radical (unpaired) electrons. The minimum atomic E-state index is -0.872. The summed E-state index contributed by atoms with van der Waals surface area (Å²) < 4.78 is 5.64. The summed E-state index contributed by atoms with van der Waals surface area (Å²) in [5.74, 6) is -1.75. The van der Waals surface area contributed by atoms with Crippen molar-refractivity contribution >= 4 is 29.4 Å². The number of halogens is 1. The molecule has 4 atom stereocenters. The minimum Gasteiger partial charge on any atom is -0.494 e. The van der Waals surface area contributed by atoms with Crippen molar-refractivity contribution in [3.05, 3.63) is 100 Å². The minimum absolute atomic E-state index is 0.0267. The number of aliphatic hydroxyl groups excluding tert-OH is 1. The van der Waals surface area contributed by atoms with Gasteiger partial charge in [-0.25, -0.2) is 5.48 Å². The number of hydroxylamine groups is 1. The van der Waals surface area contributed by atoms with Crippen molar-refractivity contribution in [1.29, 1.82) is 0 Å². The molecule has 10 heteroatoms. The molecular weight excluding hydrogens is 572 g/mol. The van der Waals surface area contributed by atoms with Crippen LogP contribution in [0.3, 0.4) is 0 Å². The maximum atomic E-state index is 14.0. The van der Waals surface area contributed by atoms with Crippen molar-refractivity contribution in [1.82, 2.24) is 10.4 Å². The summed E-state index contributed by atoms with van der Waals surface area (Å²) in [5, 5.41) is 20.4. The van der Waals surface area contributed by atoms with Crippen LogP contribution < -0.4 is 10.2 Å². The Hall–Kier alpha value is -3.92. The van der Waals surface area contributed by atoms with Crippen LogP contribution in [0, 0.1) is 0 Å². The second kappa shape index (κ2) is 14.0. The molecule has 5 rings (SSSR count). The molecular formula is C33H35ClN2O7. The number of ether oxygens (including phenoxy) is 1. The number of carbonyl (C=O) groups excluding carboxylic acids is 2. The number of rotatable bonds is 11. The van der Waals surface area contributed by atoms with Crippen molar-refractivity contribution in [2.75, 3.05) is 6.61 Å². The molecule has 1 aliphatic carbocycles. The third-order valence-corrected chi connectivity index (χ3v) is 8.29. The van der Waals surface area contributed by atoms with Gasteiger partial charge in [0.05, 0.1) is 37.3 Å². The maximum absolute atomic E-state index is 14.0. The van der Waals surface area contributed by atoms with E-state index >= 15 is 0 Å². The number of nitrogens with one attached hydrogen (secondary N) is 1. The highest BCUT2D eigenvalue weighted by molar-refractivity contribution is 6.30. The van der Waals surface area contributed by atoms with Crippen LogP contribution in [-0.2, 0) is 21.0 Å². The first-order valence-electron chi connectivity index (χ1n) is 14.5. The van der Waals surface area contributed by atoms with Crippen LogP contribution in [0.1, 0.15) is 77.5 Å². The number of hydrogen-bond donors (Lipinski definition) is 3. The number of benzene rings is 3. The molecule has 1 heterocycles. The molecule has 0 aromatic heterocycles. The summed E-state index contributed by atoms with van der Waals surface area (Å²) in [4.78, 5) is 46.1.